The van der Waals surface area contributed by atoms with Gasteiger partial charge < -0.3 is 15.4 Å². The molecule has 9 heteroatoms. The number of methoxy groups -OCH3 is 1. The largest absolute Gasteiger partial charge is 0.378 e. The molecular weight excluding hydrogens is 411 g/mol. The van der Waals surface area contributed by atoms with E-state index in [-0.39, 0.29) is 24.0 Å². The Bertz CT molecular complexity index is 1120. The molecular formula is C21H18ClFN4O3. The zero-order valence-corrected chi connectivity index (χ0v) is 16.7. The van der Waals surface area contributed by atoms with E-state index < -0.39 is 17.8 Å². The summed E-state index contributed by atoms with van der Waals surface area (Å²) in [7, 11) is 1.57. The Hall–Kier alpha value is -3.23. The van der Waals surface area contributed by atoms with Crippen molar-refractivity contribution in [1.82, 2.24) is 9.78 Å². The first-order valence-corrected chi connectivity index (χ1v) is 9.57. The van der Waals surface area contributed by atoms with Gasteiger partial charge >= 0.3 is 0 Å². The minimum atomic E-state index is -0.816. The maximum absolute atomic E-state index is 13.3. The number of amides is 2. The lowest BCUT2D eigenvalue weighted by Crippen LogP contribution is -2.24. The fourth-order valence-electron chi connectivity index (χ4n) is 3.42. The van der Waals surface area contributed by atoms with E-state index in [4.69, 9.17) is 16.3 Å². The van der Waals surface area contributed by atoms with Crippen LogP contribution in [-0.4, -0.2) is 28.7 Å². The van der Waals surface area contributed by atoms with Gasteiger partial charge in [0.15, 0.2) is 0 Å². The predicted molar refractivity (Wildman–Crippen MR) is 111 cm³/mol. The van der Waals surface area contributed by atoms with E-state index in [1.807, 2.05) is 30.3 Å². The normalized spacial score (nSPS) is 15.0. The summed E-state index contributed by atoms with van der Waals surface area (Å²) >= 11 is 5.75. The van der Waals surface area contributed by atoms with Crippen LogP contribution in [-0.2, 0) is 20.9 Å². The van der Waals surface area contributed by atoms with Gasteiger partial charge in [-0.15, -0.1) is 0 Å². The van der Waals surface area contributed by atoms with E-state index in [2.05, 4.69) is 15.7 Å². The standard InChI is InChI=1S/C21H18ClFN4O3/c1-30-11-16-19(12-5-3-2-4-6-12)20-25-21(29)17(27(20)26-16)10-18(28)24-13-7-8-15(23)14(22)9-13/h2-9,17H,10-11H2,1H3,(H,24,28)(H,25,29). The topological polar surface area (TPSA) is 85.2 Å². The van der Waals surface area contributed by atoms with Crippen molar-refractivity contribution in [3.05, 3.63) is 65.1 Å². The fourth-order valence-corrected chi connectivity index (χ4v) is 3.60. The van der Waals surface area contributed by atoms with E-state index in [9.17, 15) is 14.0 Å². The van der Waals surface area contributed by atoms with Gasteiger partial charge in [0.05, 0.1) is 23.7 Å². The van der Waals surface area contributed by atoms with Crippen molar-refractivity contribution in [3.63, 3.8) is 0 Å². The minimum absolute atomic E-state index is 0.0996. The molecule has 1 atom stereocenters. The molecule has 7 nitrogen and oxygen atoms in total. The Labute approximate surface area is 176 Å². The summed E-state index contributed by atoms with van der Waals surface area (Å²) in [6.07, 6.45) is -0.143. The molecule has 2 N–H and O–H groups in total. The van der Waals surface area contributed by atoms with Crippen molar-refractivity contribution in [2.45, 2.75) is 19.1 Å². The average molecular weight is 429 g/mol. The number of fused-ring (bicyclic) bond motifs is 1. The molecule has 4 rings (SSSR count). The third-order valence-corrected chi connectivity index (χ3v) is 5.04. The number of rotatable bonds is 6. The van der Waals surface area contributed by atoms with Crippen LogP contribution in [0.1, 0.15) is 18.2 Å². The molecule has 0 fully saturated rings. The van der Waals surface area contributed by atoms with Crippen LogP contribution in [0.15, 0.2) is 48.5 Å². The third-order valence-electron chi connectivity index (χ3n) is 4.75. The Balaban J connectivity index is 1.60. The quantitative estimate of drug-likeness (QED) is 0.621. The minimum Gasteiger partial charge on any atom is -0.378 e. The molecule has 0 bridgehead atoms. The number of ether oxygens (including phenoxy) is 1. The SMILES string of the molecule is COCc1nn2c(c1-c1ccccc1)NC(=O)C2CC(=O)Nc1ccc(F)c(Cl)c1. The number of halogens is 2. The number of hydrogen-bond acceptors (Lipinski definition) is 4. The van der Waals surface area contributed by atoms with Gasteiger partial charge in [0, 0.05) is 18.4 Å². The highest BCUT2D eigenvalue weighted by atomic mass is 35.5. The number of benzene rings is 2. The number of nitrogens with one attached hydrogen (secondary N) is 2. The van der Waals surface area contributed by atoms with Gasteiger partial charge in [0.2, 0.25) is 5.91 Å². The molecule has 1 aliphatic heterocycles. The molecule has 30 heavy (non-hydrogen) atoms. The molecule has 2 heterocycles. The van der Waals surface area contributed by atoms with Crippen molar-refractivity contribution in [2.75, 3.05) is 17.7 Å². The molecule has 1 unspecified atom stereocenters. The third kappa shape index (κ3) is 3.79. The number of carbonyl (C=O) groups is 2. The van der Waals surface area contributed by atoms with Crippen LogP contribution in [0.25, 0.3) is 11.1 Å². The molecule has 2 aromatic carbocycles. The lowest BCUT2D eigenvalue weighted by Gasteiger charge is -2.10. The maximum Gasteiger partial charge on any atom is 0.251 e. The Morgan fingerprint density at radius 3 is 2.77 bits per heavy atom. The van der Waals surface area contributed by atoms with E-state index in [1.165, 1.54) is 16.8 Å². The van der Waals surface area contributed by atoms with Crippen LogP contribution in [0.3, 0.4) is 0 Å². The van der Waals surface area contributed by atoms with Crippen molar-refractivity contribution < 1.29 is 18.7 Å². The molecule has 0 saturated heterocycles. The number of aromatic nitrogens is 2. The van der Waals surface area contributed by atoms with Gasteiger partial charge in [-0.05, 0) is 23.8 Å². The number of nitrogens with zero attached hydrogens (tertiary/aromatic N) is 2. The molecule has 1 aliphatic rings. The second-order valence-electron chi connectivity index (χ2n) is 6.80. The van der Waals surface area contributed by atoms with Gasteiger partial charge in [-0.3, -0.25) is 9.59 Å². The van der Waals surface area contributed by atoms with Crippen molar-refractivity contribution >= 4 is 34.9 Å². The van der Waals surface area contributed by atoms with Gasteiger partial charge in [0.25, 0.3) is 5.91 Å². The van der Waals surface area contributed by atoms with Gasteiger partial charge in [-0.2, -0.15) is 5.10 Å². The van der Waals surface area contributed by atoms with Crippen molar-refractivity contribution in [1.29, 1.82) is 0 Å². The van der Waals surface area contributed by atoms with Gasteiger partial charge in [-0.25, -0.2) is 9.07 Å². The second-order valence-corrected chi connectivity index (χ2v) is 7.21. The molecule has 3 aromatic rings. The van der Waals surface area contributed by atoms with Gasteiger partial charge in [-0.1, -0.05) is 41.9 Å². The number of carbonyl (C=O) groups excluding carboxylic acids is 2. The summed E-state index contributed by atoms with van der Waals surface area (Å²) in [5.74, 6) is -0.798. The lowest BCUT2D eigenvalue weighted by atomic mass is 10.1. The molecule has 154 valence electrons. The van der Waals surface area contributed by atoms with Crippen LogP contribution in [0, 0.1) is 5.82 Å². The zero-order valence-electron chi connectivity index (χ0n) is 16.0. The Morgan fingerprint density at radius 1 is 1.30 bits per heavy atom. The predicted octanol–water partition coefficient (Wildman–Crippen LogP) is 4.01. The number of anilines is 2. The average Bonchev–Trinajstić information content (AvgIpc) is 3.21. The summed E-state index contributed by atoms with van der Waals surface area (Å²) in [6.45, 7) is 0.257. The fraction of sp³-hybridized carbons (Fsp3) is 0.190. The maximum atomic E-state index is 13.3. The molecule has 0 radical (unpaired) electrons. The Morgan fingerprint density at radius 2 is 2.07 bits per heavy atom. The molecule has 0 aliphatic carbocycles. The molecule has 1 aromatic heterocycles. The second kappa shape index (κ2) is 8.25. The summed E-state index contributed by atoms with van der Waals surface area (Å²) in [5, 5.41) is 9.90. The summed E-state index contributed by atoms with van der Waals surface area (Å²) in [4.78, 5) is 25.1. The van der Waals surface area contributed by atoms with Crippen molar-refractivity contribution in [2.24, 2.45) is 0 Å². The van der Waals surface area contributed by atoms with Crippen LogP contribution < -0.4 is 10.6 Å². The van der Waals surface area contributed by atoms with Crippen LogP contribution >= 0.6 is 11.6 Å². The summed E-state index contributed by atoms with van der Waals surface area (Å²) in [5.41, 5.74) is 2.65. The first kappa shape index (κ1) is 20.1. The molecule has 0 spiro atoms. The van der Waals surface area contributed by atoms with E-state index in [0.717, 1.165) is 17.2 Å². The van der Waals surface area contributed by atoms with Crippen LogP contribution in [0.2, 0.25) is 5.02 Å². The smallest absolute Gasteiger partial charge is 0.251 e. The van der Waals surface area contributed by atoms with E-state index in [1.54, 1.807) is 7.11 Å². The monoisotopic (exact) mass is 428 g/mol. The lowest BCUT2D eigenvalue weighted by molar-refractivity contribution is -0.123. The highest BCUT2D eigenvalue weighted by Crippen LogP contribution is 2.38. The summed E-state index contributed by atoms with van der Waals surface area (Å²) < 4.78 is 20.1. The van der Waals surface area contributed by atoms with Gasteiger partial charge in [0.1, 0.15) is 17.7 Å². The Kier molecular flexibility index (Phi) is 5.52. The highest BCUT2D eigenvalue weighted by molar-refractivity contribution is 6.31. The molecule has 2 amide bonds. The zero-order chi connectivity index (χ0) is 21.3. The first-order chi connectivity index (χ1) is 14.5. The molecule has 0 saturated carbocycles. The van der Waals surface area contributed by atoms with Crippen molar-refractivity contribution in [3.8, 4) is 11.1 Å². The highest BCUT2D eigenvalue weighted by Gasteiger charge is 2.37. The van der Waals surface area contributed by atoms with Crippen LogP contribution in [0.5, 0.6) is 0 Å². The summed E-state index contributed by atoms with van der Waals surface area (Å²) in [6, 6.07) is 12.6. The number of hydrogen-bond donors (Lipinski definition) is 2. The van der Waals surface area contributed by atoms with E-state index in [0.29, 0.717) is 17.2 Å². The first-order valence-electron chi connectivity index (χ1n) is 9.19. The van der Waals surface area contributed by atoms with E-state index >= 15 is 0 Å². The van der Waals surface area contributed by atoms with Crippen LogP contribution in [0.4, 0.5) is 15.9 Å².